The molecular weight excluding hydrogens is 943 g/mol. The predicted octanol–water partition coefficient (Wildman–Crippen LogP) is 4.96. The summed E-state index contributed by atoms with van der Waals surface area (Å²) in [5.74, 6) is 0.945. The van der Waals surface area contributed by atoms with Gasteiger partial charge in [-0.05, 0) is 77.3 Å². The van der Waals surface area contributed by atoms with Crippen molar-refractivity contribution in [2.75, 3.05) is 27.5 Å². The second kappa shape index (κ2) is 15.5. The molecular formula is C42H48AcN6O8. The van der Waals surface area contributed by atoms with Gasteiger partial charge in [0.05, 0.1) is 25.3 Å². The number of aromatic nitrogens is 1. The number of methoxy groups -OCH3 is 1. The summed E-state index contributed by atoms with van der Waals surface area (Å²) in [6.07, 6.45) is 2.09. The molecule has 1 aromatic heterocycles. The minimum atomic E-state index is -1.03. The number of carbonyl (C=O) groups is 2. The number of nitrogens with zero attached hydrogens (tertiary/aromatic N) is 3. The molecule has 14 nitrogen and oxygen atoms in total. The van der Waals surface area contributed by atoms with Crippen LogP contribution in [0.5, 0.6) is 28.7 Å². The zero-order chi connectivity index (χ0) is 39.8. The first-order valence-corrected chi connectivity index (χ1v) is 19.0. The second-order valence-electron chi connectivity index (χ2n) is 16.3. The molecule has 297 valence electrons. The van der Waals surface area contributed by atoms with Crippen molar-refractivity contribution in [3.05, 3.63) is 75.5 Å². The van der Waals surface area contributed by atoms with E-state index >= 15 is 0 Å². The maximum atomic E-state index is 14.5. The number of phenolic OH excluding ortho intramolecular Hbond substituents is 2. The van der Waals surface area contributed by atoms with E-state index in [1.165, 1.54) is 7.11 Å². The molecule has 1 unspecified atom stereocenters. The van der Waals surface area contributed by atoms with E-state index in [1.54, 1.807) is 27.7 Å². The molecule has 0 aliphatic carbocycles. The first-order chi connectivity index (χ1) is 26.7. The van der Waals surface area contributed by atoms with Gasteiger partial charge >= 0.3 is 6.09 Å². The van der Waals surface area contributed by atoms with Crippen LogP contribution >= 0.6 is 0 Å². The molecule has 1 saturated heterocycles. The van der Waals surface area contributed by atoms with E-state index in [2.05, 4.69) is 31.5 Å². The Kier molecular flexibility index (Phi) is 11.2. The van der Waals surface area contributed by atoms with Crippen molar-refractivity contribution in [2.24, 2.45) is 0 Å². The molecule has 2 amide bonds. The van der Waals surface area contributed by atoms with E-state index in [1.807, 2.05) is 50.5 Å². The number of aromatic amines is 1. The maximum absolute atomic E-state index is 14.5. The number of aryl methyl sites for hydroxylation is 1. The Hall–Kier alpha value is -4.21. The van der Waals surface area contributed by atoms with Gasteiger partial charge in [-0.1, -0.05) is 24.3 Å². The third kappa shape index (κ3) is 6.96. The van der Waals surface area contributed by atoms with Crippen LogP contribution in [-0.2, 0) is 28.8 Å². The van der Waals surface area contributed by atoms with E-state index in [0.29, 0.717) is 46.8 Å². The number of hydrogen-bond acceptors (Lipinski definition) is 11. The van der Waals surface area contributed by atoms with Gasteiger partial charge in [0.25, 0.3) is 0 Å². The smallest absolute Gasteiger partial charge is 0.408 e. The number of phenols is 2. The molecule has 1 fully saturated rings. The van der Waals surface area contributed by atoms with Gasteiger partial charge in [0.2, 0.25) is 12.7 Å². The number of carbonyl (C=O) groups excluding carboxylic acids is 2. The van der Waals surface area contributed by atoms with Gasteiger partial charge in [-0.15, -0.1) is 0 Å². The Morgan fingerprint density at radius 1 is 1.09 bits per heavy atom. The molecule has 57 heavy (non-hydrogen) atoms. The van der Waals surface area contributed by atoms with Crippen LogP contribution in [0.4, 0.5) is 4.79 Å². The molecule has 6 atom stereocenters. The van der Waals surface area contributed by atoms with Crippen molar-refractivity contribution >= 4 is 22.9 Å². The number of amides is 2. The van der Waals surface area contributed by atoms with E-state index in [-0.39, 0.29) is 81.4 Å². The van der Waals surface area contributed by atoms with E-state index < -0.39 is 47.8 Å². The summed E-state index contributed by atoms with van der Waals surface area (Å²) in [5, 5.41) is 41.5. The number of piperazine rings is 1. The maximum Gasteiger partial charge on any atom is 0.408 e. The first kappa shape index (κ1) is 41.0. The summed E-state index contributed by atoms with van der Waals surface area (Å²) in [6.45, 7) is 8.89. The summed E-state index contributed by atoms with van der Waals surface area (Å²) in [5.41, 5.74) is 5.22. The number of hydrogen-bond donors (Lipinski definition) is 5. The SMILES string of the molecule is COc1c(C)cc2c(c1O)[C@@H]1C3Cc4c(O)c(C)c5c(c4[C@H](CNC(=O)[C@H](Cc4c[nH]c6ccccc46)NC(=O)OC(C)(C)C)N3[C@@H](C#N)[C@H](C2)N1C)OCO5.[Ac]. The van der Waals surface area contributed by atoms with Gasteiger partial charge in [-0.2, -0.15) is 5.26 Å². The number of nitrogens with one attached hydrogen (secondary N) is 3. The third-order valence-electron chi connectivity index (χ3n) is 11.9. The van der Waals surface area contributed by atoms with Gasteiger partial charge in [-0.3, -0.25) is 14.6 Å². The number of benzene rings is 3. The van der Waals surface area contributed by atoms with Crippen LogP contribution < -0.4 is 24.8 Å². The minimum Gasteiger partial charge on any atom is -0.507 e. The molecule has 2 bridgehead atoms. The molecule has 4 aromatic rings. The number of ether oxygens (including phenoxy) is 4. The van der Waals surface area contributed by atoms with Crippen molar-refractivity contribution in [2.45, 2.75) is 95.7 Å². The second-order valence-corrected chi connectivity index (χ2v) is 16.3. The van der Waals surface area contributed by atoms with Crippen molar-refractivity contribution in [1.29, 1.82) is 5.26 Å². The van der Waals surface area contributed by atoms with Crippen molar-refractivity contribution in [1.82, 2.24) is 25.4 Å². The molecule has 8 rings (SSSR count). The molecule has 1 radical (unpaired) electrons. The van der Waals surface area contributed by atoms with Gasteiger partial charge < -0.3 is 44.8 Å². The Morgan fingerprint density at radius 3 is 2.54 bits per heavy atom. The molecule has 3 aromatic carbocycles. The van der Waals surface area contributed by atoms with Crippen LogP contribution in [0.1, 0.15) is 71.8 Å². The van der Waals surface area contributed by atoms with E-state index in [4.69, 9.17) is 18.9 Å². The van der Waals surface area contributed by atoms with E-state index in [0.717, 1.165) is 33.2 Å². The fourth-order valence-electron chi connectivity index (χ4n) is 9.54. The zero-order valence-corrected chi connectivity index (χ0v) is 38.0. The predicted molar refractivity (Wildman–Crippen MR) is 206 cm³/mol. The molecule has 15 heteroatoms. The van der Waals surface area contributed by atoms with Gasteiger partial charge in [0, 0.05) is 108 Å². The number of rotatable bonds is 7. The minimum absolute atomic E-state index is 0. The number of fused-ring (bicyclic) bond motifs is 10. The average molecular weight is 992 g/mol. The fourth-order valence-corrected chi connectivity index (χ4v) is 9.54. The van der Waals surface area contributed by atoms with Crippen molar-refractivity contribution in [3.63, 3.8) is 0 Å². The van der Waals surface area contributed by atoms with Crippen LogP contribution in [0.3, 0.4) is 0 Å². The summed E-state index contributed by atoms with van der Waals surface area (Å²) >= 11 is 0. The molecule has 4 aliphatic heterocycles. The number of H-pyrrole nitrogens is 1. The summed E-state index contributed by atoms with van der Waals surface area (Å²) in [6, 6.07) is 8.91. The Bertz CT molecular complexity index is 2300. The van der Waals surface area contributed by atoms with Gasteiger partial charge in [0.15, 0.2) is 23.0 Å². The summed E-state index contributed by atoms with van der Waals surface area (Å²) < 4.78 is 23.2. The van der Waals surface area contributed by atoms with Crippen molar-refractivity contribution < 1.29 is 82.8 Å². The van der Waals surface area contributed by atoms with Gasteiger partial charge in [0.1, 0.15) is 23.4 Å². The van der Waals surface area contributed by atoms with E-state index in [9.17, 15) is 25.1 Å². The molecule has 5 N–H and O–H groups in total. The summed E-state index contributed by atoms with van der Waals surface area (Å²) in [4.78, 5) is 35.2. The van der Waals surface area contributed by atoms with Crippen LogP contribution in [0.2, 0.25) is 0 Å². The van der Waals surface area contributed by atoms with Crippen molar-refractivity contribution in [3.8, 4) is 34.8 Å². The van der Waals surface area contributed by atoms with Crippen LogP contribution in [0.25, 0.3) is 10.9 Å². The Labute approximate surface area is 367 Å². The number of aromatic hydroxyl groups is 2. The summed E-state index contributed by atoms with van der Waals surface area (Å²) in [7, 11) is 3.51. The molecule has 0 spiro atoms. The molecule has 4 aliphatic rings. The first-order valence-electron chi connectivity index (χ1n) is 19.0. The topological polar surface area (TPSA) is 182 Å². The molecule has 0 saturated carbocycles. The zero-order valence-electron chi connectivity index (χ0n) is 33.2. The standard InChI is InChI=1S/C42H48N6O8.Ac/c1-20-12-22-14-28-30(16-43)48-29(34(47(28)6)32(22)36(50)37(20)53-7)15-25-33(39-38(54-19-55-39)21(2)35(25)49)31(48)18-45-40(51)27(46-41(52)56-42(3,4)5)13-23-17-44-26-11-9-8-10-24(23)26;/h8-12,17,27-31,34,44,49-50H,13-15,18-19H2,1-7H3,(H,45,51)(H,46,52);/t27-,28-,29?,30-,31-,34-;/m0./s1. The van der Waals surface area contributed by atoms with Crippen LogP contribution in [-0.4, -0.2) is 94.3 Å². The largest absolute Gasteiger partial charge is 0.507 e. The number of para-hydroxylation sites is 1. The average Bonchev–Trinajstić information content (AvgIpc) is 3.80. The van der Waals surface area contributed by atoms with Crippen LogP contribution in [0.15, 0.2) is 36.5 Å². The Morgan fingerprint density at radius 2 is 1.82 bits per heavy atom. The molecule has 5 heterocycles. The van der Waals surface area contributed by atoms with Crippen LogP contribution in [0, 0.1) is 69.2 Å². The monoisotopic (exact) mass is 991 g/mol. The normalized spacial score (nSPS) is 22.6. The number of alkyl carbamates (subject to hydrolysis) is 1. The Balaban J connectivity index is 0.00000496. The van der Waals surface area contributed by atoms with Gasteiger partial charge in [-0.25, -0.2) is 4.79 Å². The number of nitriles is 1. The third-order valence-corrected chi connectivity index (χ3v) is 11.9. The quantitative estimate of drug-likeness (QED) is 0.169. The fraction of sp³-hybridized carbons (Fsp3) is 0.452. The number of likely N-dealkylation sites (N-methyl/N-ethyl adjacent to an activating group) is 1.